The Hall–Kier alpha value is -0.120. The Bertz CT molecular complexity index is 284. The fourth-order valence-electron chi connectivity index (χ4n) is 4.38. The maximum atomic E-state index is 6.27. The molecule has 2 N–H and O–H groups in total. The third-order valence-corrected chi connectivity index (χ3v) is 6.10. The van der Waals surface area contributed by atoms with Crippen LogP contribution in [0.25, 0.3) is 0 Å². The van der Waals surface area contributed by atoms with Gasteiger partial charge in [0.2, 0.25) is 0 Å². The van der Waals surface area contributed by atoms with Crippen molar-refractivity contribution in [2.45, 2.75) is 69.9 Å². The van der Waals surface area contributed by atoms with Gasteiger partial charge in [0.15, 0.2) is 0 Å². The standard InChI is InChI=1S/C17H35N3/c1-4-15-6-5-10-17(14-18,11-7-15)20-12-8-16(9-13-20)19(2)3/h15-16H,4-14,18H2,1-3H3. The molecule has 1 saturated heterocycles. The quantitative estimate of drug-likeness (QED) is 0.804. The fourth-order valence-corrected chi connectivity index (χ4v) is 4.38. The number of hydrogen-bond donors (Lipinski definition) is 1. The van der Waals surface area contributed by atoms with Crippen LogP contribution in [0.4, 0.5) is 0 Å². The molecule has 1 heterocycles. The summed E-state index contributed by atoms with van der Waals surface area (Å²) in [6, 6.07) is 0.773. The van der Waals surface area contributed by atoms with Crippen molar-refractivity contribution < 1.29 is 0 Å². The van der Waals surface area contributed by atoms with E-state index in [-0.39, 0.29) is 0 Å². The molecule has 1 saturated carbocycles. The second kappa shape index (κ2) is 7.24. The summed E-state index contributed by atoms with van der Waals surface area (Å²) in [4.78, 5) is 5.15. The number of likely N-dealkylation sites (tertiary alicyclic amines) is 1. The lowest BCUT2D eigenvalue weighted by Crippen LogP contribution is -2.57. The van der Waals surface area contributed by atoms with Crippen molar-refractivity contribution in [1.29, 1.82) is 0 Å². The van der Waals surface area contributed by atoms with E-state index < -0.39 is 0 Å². The summed E-state index contributed by atoms with van der Waals surface area (Å²) in [6.07, 6.45) is 10.8. The van der Waals surface area contributed by atoms with Gasteiger partial charge in [-0.25, -0.2) is 0 Å². The van der Waals surface area contributed by atoms with Crippen LogP contribution in [0.5, 0.6) is 0 Å². The fraction of sp³-hybridized carbons (Fsp3) is 1.00. The molecule has 0 aromatic carbocycles. The van der Waals surface area contributed by atoms with Gasteiger partial charge in [0, 0.05) is 31.2 Å². The van der Waals surface area contributed by atoms with E-state index >= 15 is 0 Å². The molecular weight excluding hydrogens is 246 g/mol. The maximum Gasteiger partial charge on any atom is 0.0331 e. The molecule has 2 aliphatic rings. The zero-order valence-electron chi connectivity index (χ0n) is 13.9. The Labute approximate surface area is 125 Å². The highest BCUT2D eigenvalue weighted by atomic mass is 15.2. The molecule has 0 bridgehead atoms. The van der Waals surface area contributed by atoms with Crippen LogP contribution in [0.15, 0.2) is 0 Å². The smallest absolute Gasteiger partial charge is 0.0331 e. The molecule has 20 heavy (non-hydrogen) atoms. The molecule has 2 rings (SSSR count). The van der Waals surface area contributed by atoms with E-state index in [2.05, 4.69) is 30.8 Å². The molecule has 0 aromatic heterocycles. The van der Waals surface area contributed by atoms with E-state index in [0.29, 0.717) is 5.54 Å². The molecule has 2 fully saturated rings. The first kappa shape index (κ1) is 16.3. The van der Waals surface area contributed by atoms with Gasteiger partial charge in [-0.05, 0) is 52.1 Å². The summed E-state index contributed by atoms with van der Waals surface area (Å²) in [5, 5.41) is 0. The lowest BCUT2D eigenvalue weighted by molar-refractivity contribution is 0.0337. The molecule has 0 aromatic rings. The molecule has 1 aliphatic heterocycles. The van der Waals surface area contributed by atoms with Crippen LogP contribution in [-0.4, -0.2) is 55.1 Å². The van der Waals surface area contributed by atoms with Crippen LogP contribution < -0.4 is 5.73 Å². The van der Waals surface area contributed by atoms with E-state index in [0.717, 1.165) is 18.5 Å². The highest BCUT2D eigenvalue weighted by Gasteiger charge is 2.38. The minimum absolute atomic E-state index is 0.321. The average Bonchev–Trinajstić information content (AvgIpc) is 2.70. The van der Waals surface area contributed by atoms with E-state index in [4.69, 9.17) is 5.73 Å². The van der Waals surface area contributed by atoms with E-state index in [1.54, 1.807) is 0 Å². The summed E-state index contributed by atoms with van der Waals surface area (Å²) in [7, 11) is 4.44. The maximum absolute atomic E-state index is 6.27. The number of hydrogen-bond acceptors (Lipinski definition) is 3. The first-order valence-electron chi connectivity index (χ1n) is 8.73. The van der Waals surface area contributed by atoms with Crippen molar-refractivity contribution in [3.63, 3.8) is 0 Å². The summed E-state index contributed by atoms with van der Waals surface area (Å²) < 4.78 is 0. The van der Waals surface area contributed by atoms with Gasteiger partial charge in [0.05, 0.1) is 0 Å². The molecule has 3 nitrogen and oxygen atoms in total. The molecule has 2 atom stereocenters. The Kier molecular flexibility index (Phi) is 5.88. The Morgan fingerprint density at radius 1 is 1.10 bits per heavy atom. The van der Waals surface area contributed by atoms with Crippen LogP contribution in [0.2, 0.25) is 0 Å². The SMILES string of the molecule is CCC1CCCC(CN)(N2CCC(N(C)C)CC2)CC1. The molecule has 3 heteroatoms. The summed E-state index contributed by atoms with van der Waals surface area (Å²) >= 11 is 0. The summed E-state index contributed by atoms with van der Waals surface area (Å²) in [5.74, 6) is 0.947. The van der Waals surface area contributed by atoms with Crippen LogP contribution in [-0.2, 0) is 0 Å². The largest absolute Gasteiger partial charge is 0.329 e. The first-order valence-corrected chi connectivity index (χ1v) is 8.73. The van der Waals surface area contributed by atoms with Gasteiger partial charge in [-0.1, -0.05) is 26.2 Å². The molecule has 0 radical (unpaired) electrons. The monoisotopic (exact) mass is 281 g/mol. The highest BCUT2D eigenvalue weighted by molar-refractivity contribution is 4.96. The Morgan fingerprint density at radius 3 is 2.35 bits per heavy atom. The Balaban J connectivity index is 1.97. The predicted octanol–water partition coefficient (Wildman–Crippen LogP) is 2.70. The summed E-state index contributed by atoms with van der Waals surface area (Å²) in [6.45, 7) is 5.70. The van der Waals surface area contributed by atoms with Crippen molar-refractivity contribution in [3.05, 3.63) is 0 Å². The van der Waals surface area contributed by atoms with E-state index in [1.807, 2.05) is 0 Å². The molecule has 1 aliphatic carbocycles. The van der Waals surface area contributed by atoms with Gasteiger partial charge in [0.25, 0.3) is 0 Å². The second-order valence-corrected chi connectivity index (χ2v) is 7.32. The third-order valence-electron chi connectivity index (χ3n) is 6.10. The van der Waals surface area contributed by atoms with Crippen LogP contribution in [0.3, 0.4) is 0 Å². The number of nitrogens with two attached hydrogens (primary N) is 1. The van der Waals surface area contributed by atoms with Crippen LogP contribution in [0.1, 0.15) is 58.3 Å². The van der Waals surface area contributed by atoms with Gasteiger partial charge in [-0.3, -0.25) is 4.90 Å². The topological polar surface area (TPSA) is 32.5 Å². The molecular formula is C17H35N3. The van der Waals surface area contributed by atoms with Crippen LogP contribution >= 0.6 is 0 Å². The van der Waals surface area contributed by atoms with Gasteiger partial charge in [-0.2, -0.15) is 0 Å². The van der Waals surface area contributed by atoms with E-state index in [1.165, 1.54) is 64.5 Å². The number of piperidine rings is 1. The normalized spacial score (nSPS) is 34.4. The average molecular weight is 281 g/mol. The lowest BCUT2D eigenvalue weighted by Gasteiger charge is -2.47. The molecule has 0 amide bonds. The molecule has 0 spiro atoms. The minimum atomic E-state index is 0.321. The molecule has 2 unspecified atom stereocenters. The van der Waals surface area contributed by atoms with Crippen molar-refractivity contribution in [2.24, 2.45) is 11.7 Å². The van der Waals surface area contributed by atoms with Crippen LogP contribution in [0, 0.1) is 5.92 Å². The van der Waals surface area contributed by atoms with Gasteiger partial charge < -0.3 is 10.6 Å². The zero-order chi connectivity index (χ0) is 14.6. The van der Waals surface area contributed by atoms with Crippen molar-refractivity contribution in [1.82, 2.24) is 9.80 Å². The lowest BCUT2D eigenvalue weighted by atomic mass is 9.85. The first-order chi connectivity index (χ1) is 9.61. The van der Waals surface area contributed by atoms with Gasteiger partial charge in [-0.15, -0.1) is 0 Å². The molecule has 118 valence electrons. The highest BCUT2D eigenvalue weighted by Crippen LogP contribution is 2.37. The van der Waals surface area contributed by atoms with E-state index in [9.17, 15) is 0 Å². The van der Waals surface area contributed by atoms with Gasteiger partial charge >= 0.3 is 0 Å². The third kappa shape index (κ3) is 3.55. The second-order valence-electron chi connectivity index (χ2n) is 7.32. The Morgan fingerprint density at radius 2 is 1.80 bits per heavy atom. The zero-order valence-corrected chi connectivity index (χ0v) is 13.9. The van der Waals surface area contributed by atoms with Crippen molar-refractivity contribution >= 4 is 0 Å². The summed E-state index contributed by atoms with van der Waals surface area (Å²) in [5.41, 5.74) is 6.59. The number of nitrogens with zero attached hydrogens (tertiary/aromatic N) is 2. The van der Waals surface area contributed by atoms with Crippen molar-refractivity contribution in [3.8, 4) is 0 Å². The number of rotatable bonds is 4. The van der Waals surface area contributed by atoms with Gasteiger partial charge in [0.1, 0.15) is 0 Å². The minimum Gasteiger partial charge on any atom is -0.329 e. The van der Waals surface area contributed by atoms with Crippen molar-refractivity contribution in [2.75, 3.05) is 33.7 Å². The predicted molar refractivity (Wildman–Crippen MR) is 86.9 cm³/mol.